The monoisotopic (exact) mass is 463 g/mol. The van der Waals surface area contributed by atoms with Crippen molar-refractivity contribution in [1.82, 2.24) is 4.47 Å². The third-order valence-corrected chi connectivity index (χ3v) is 6.37. The van der Waals surface area contributed by atoms with Crippen LogP contribution in [0.1, 0.15) is 20.9 Å². The second-order valence-corrected chi connectivity index (χ2v) is 8.52. The van der Waals surface area contributed by atoms with Crippen LogP contribution in [0.3, 0.4) is 0 Å². The zero-order chi connectivity index (χ0) is 22.6. The highest BCUT2D eigenvalue weighted by molar-refractivity contribution is 7.89. The van der Waals surface area contributed by atoms with Crippen molar-refractivity contribution in [3.05, 3.63) is 77.2 Å². The number of halogens is 1. The van der Waals surface area contributed by atoms with Gasteiger partial charge >= 0.3 is 0 Å². The third kappa shape index (κ3) is 5.12. The number of nitrogens with zero attached hydrogens (tertiary/aromatic N) is 1. The van der Waals surface area contributed by atoms with E-state index in [-0.39, 0.29) is 21.2 Å². The predicted octanol–water partition coefficient (Wildman–Crippen LogP) is 3.62. The summed E-state index contributed by atoms with van der Waals surface area (Å²) in [7, 11) is -1.62. The molecule has 0 bridgehead atoms. The van der Waals surface area contributed by atoms with Gasteiger partial charge in [0.25, 0.3) is 21.8 Å². The second-order valence-electron chi connectivity index (χ2n) is 6.21. The summed E-state index contributed by atoms with van der Waals surface area (Å²) in [5, 5.41) is 5.27. The van der Waals surface area contributed by atoms with E-state index in [1.807, 2.05) is 0 Å². The molecule has 3 rings (SSSR count). The maximum atomic E-state index is 12.6. The number of furan rings is 1. The minimum absolute atomic E-state index is 0.0444. The molecule has 2 N–H and O–H groups in total. The highest BCUT2D eigenvalue weighted by Gasteiger charge is 2.25. The molecule has 0 aliphatic carbocycles. The van der Waals surface area contributed by atoms with Gasteiger partial charge in [-0.3, -0.25) is 14.4 Å². The number of sulfonamides is 1. The molecular formula is C20H18ClN3O6S. The number of nitrogens with one attached hydrogen (secondary N) is 2. The Kier molecular flexibility index (Phi) is 6.76. The molecule has 0 spiro atoms. The van der Waals surface area contributed by atoms with Crippen molar-refractivity contribution >= 4 is 44.8 Å². The van der Waals surface area contributed by atoms with Gasteiger partial charge < -0.3 is 15.1 Å². The van der Waals surface area contributed by atoms with Crippen LogP contribution < -0.4 is 10.6 Å². The maximum Gasteiger partial charge on any atom is 0.291 e. The fraction of sp³-hybridized carbons (Fsp3) is 0.100. The van der Waals surface area contributed by atoms with Crippen molar-refractivity contribution in [2.75, 3.05) is 24.8 Å². The number of benzene rings is 2. The molecule has 2 amide bonds. The largest absolute Gasteiger partial charge is 0.459 e. The highest BCUT2D eigenvalue weighted by Crippen LogP contribution is 2.26. The van der Waals surface area contributed by atoms with Crippen LogP contribution in [0.25, 0.3) is 0 Å². The molecule has 0 fully saturated rings. The Hall–Kier alpha value is -3.18. The SMILES string of the molecule is CON(C)S(=O)(=O)c1cc(C(=O)Nc2ccc(NC(=O)c3ccco3)cc2)ccc1Cl. The Morgan fingerprint density at radius 2 is 1.61 bits per heavy atom. The Bertz CT molecular complexity index is 1190. The summed E-state index contributed by atoms with van der Waals surface area (Å²) < 4.78 is 30.6. The molecule has 11 heteroatoms. The Morgan fingerprint density at radius 3 is 2.16 bits per heavy atom. The predicted molar refractivity (Wildman–Crippen MR) is 114 cm³/mol. The van der Waals surface area contributed by atoms with Crippen LogP contribution in [-0.4, -0.2) is 38.9 Å². The lowest BCUT2D eigenvalue weighted by atomic mass is 10.2. The number of hydroxylamine groups is 1. The second kappa shape index (κ2) is 9.31. The van der Waals surface area contributed by atoms with E-state index in [9.17, 15) is 18.0 Å². The van der Waals surface area contributed by atoms with Crippen molar-refractivity contribution < 1.29 is 27.3 Å². The maximum absolute atomic E-state index is 12.6. The summed E-state index contributed by atoms with van der Waals surface area (Å²) >= 11 is 6.01. The van der Waals surface area contributed by atoms with E-state index in [0.29, 0.717) is 15.8 Å². The van der Waals surface area contributed by atoms with Crippen molar-refractivity contribution in [2.24, 2.45) is 0 Å². The Morgan fingerprint density at radius 1 is 1.00 bits per heavy atom. The molecule has 9 nitrogen and oxygen atoms in total. The first-order chi connectivity index (χ1) is 14.7. The molecule has 0 saturated heterocycles. The van der Waals surface area contributed by atoms with Crippen LogP contribution in [0.4, 0.5) is 11.4 Å². The van der Waals surface area contributed by atoms with E-state index in [4.69, 9.17) is 20.9 Å². The van der Waals surface area contributed by atoms with E-state index < -0.39 is 21.8 Å². The van der Waals surface area contributed by atoms with E-state index in [1.165, 1.54) is 44.7 Å². The molecule has 2 aromatic carbocycles. The van der Waals surface area contributed by atoms with Crippen LogP contribution >= 0.6 is 11.6 Å². The van der Waals surface area contributed by atoms with Gasteiger partial charge in [-0.2, -0.15) is 0 Å². The van der Waals surface area contributed by atoms with Gasteiger partial charge in [0.2, 0.25) is 0 Å². The molecular weight excluding hydrogens is 446 g/mol. The van der Waals surface area contributed by atoms with Gasteiger partial charge in [-0.1, -0.05) is 16.1 Å². The lowest BCUT2D eigenvalue weighted by Crippen LogP contribution is -2.26. The van der Waals surface area contributed by atoms with Crippen molar-refractivity contribution in [1.29, 1.82) is 0 Å². The van der Waals surface area contributed by atoms with Gasteiger partial charge in [-0.15, -0.1) is 0 Å². The first-order valence-corrected chi connectivity index (χ1v) is 10.6. The van der Waals surface area contributed by atoms with Crippen LogP contribution in [0.15, 0.2) is 70.2 Å². The molecule has 162 valence electrons. The number of hydrogen-bond donors (Lipinski definition) is 2. The number of amides is 2. The van der Waals surface area contributed by atoms with Crippen LogP contribution in [0, 0.1) is 0 Å². The first-order valence-electron chi connectivity index (χ1n) is 8.81. The standard InChI is InChI=1S/C20H18ClN3O6S/c1-24(29-2)31(27,28)18-12-13(5-10-16(18)21)19(25)22-14-6-8-15(9-7-14)23-20(26)17-4-3-11-30-17/h3-12H,1-2H3,(H,22,25)(H,23,26). The first kappa shape index (κ1) is 22.5. The summed E-state index contributed by atoms with van der Waals surface area (Å²) in [6, 6.07) is 13.4. The molecule has 0 unspecified atom stereocenters. The average Bonchev–Trinajstić information content (AvgIpc) is 3.29. The fourth-order valence-corrected chi connectivity index (χ4v) is 3.99. The minimum atomic E-state index is -4.03. The van der Waals surface area contributed by atoms with Crippen molar-refractivity contribution in [3.63, 3.8) is 0 Å². The van der Waals surface area contributed by atoms with Gasteiger partial charge in [0.1, 0.15) is 4.90 Å². The molecule has 0 atom stereocenters. The van der Waals surface area contributed by atoms with Gasteiger partial charge in [0.05, 0.1) is 18.4 Å². The van der Waals surface area contributed by atoms with Crippen LogP contribution in [0.5, 0.6) is 0 Å². The normalized spacial score (nSPS) is 11.4. The summed E-state index contributed by atoms with van der Waals surface area (Å²) in [4.78, 5) is 29.0. The number of rotatable bonds is 7. The minimum Gasteiger partial charge on any atom is -0.459 e. The molecule has 31 heavy (non-hydrogen) atoms. The summed E-state index contributed by atoms with van der Waals surface area (Å²) in [5.74, 6) is -0.775. The smallest absolute Gasteiger partial charge is 0.291 e. The quantitative estimate of drug-likeness (QED) is 0.517. The molecule has 1 heterocycles. The summed E-state index contributed by atoms with van der Waals surface area (Å²) in [6.07, 6.45) is 1.40. The van der Waals surface area contributed by atoms with Gasteiger partial charge in [0.15, 0.2) is 5.76 Å². The van der Waals surface area contributed by atoms with Crippen molar-refractivity contribution in [2.45, 2.75) is 4.90 Å². The summed E-state index contributed by atoms with van der Waals surface area (Å²) in [5.41, 5.74) is 1.03. The lowest BCUT2D eigenvalue weighted by molar-refractivity contribution is -0.0258. The average molecular weight is 464 g/mol. The molecule has 0 aliphatic heterocycles. The molecule has 0 aliphatic rings. The molecule has 0 radical (unpaired) electrons. The van der Waals surface area contributed by atoms with Gasteiger partial charge in [-0.25, -0.2) is 8.42 Å². The number of carbonyl (C=O) groups excluding carboxylic acids is 2. The zero-order valence-electron chi connectivity index (χ0n) is 16.5. The third-order valence-electron chi connectivity index (χ3n) is 4.21. The van der Waals surface area contributed by atoms with Crippen LogP contribution in [0.2, 0.25) is 5.02 Å². The number of carbonyl (C=O) groups is 2. The van der Waals surface area contributed by atoms with Gasteiger partial charge in [-0.05, 0) is 54.6 Å². The highest BCUT2D eigenvalue weighted by atomic mass is 35.5. The fourth-order valence-electron chi connectivity index (χ4n) is 2.52. The molecule has 0 saturated carbocycles. The Balaban J connectivity index is 1.73. The van der Waals surface area contributed by atoms with E-state index in [2.05, 4.69) is 10.6 Å². The topological polar surface area (TPSA) is 118 Å². The molecule has 3 aromatic rings. The Labute approximate surface area is 183 Å². The summed E-state index contributed by atoms with van der Waals surface area (Å²) in [6.45, 7) is 0. The van der Waals surface area contributed by atoms with E-state index in [1.54, 1.807) is 30.3 Å². The zero-order valence-corrected chi connectivity index (χ0v) is 18.0. The van der Waals surface area contributed by atoms with Crippen molar-refractivity contribution in [3.8, 4) is 0 Å². The number of hydrogen-bond acceptors (Lipinski definition) is 6. The van der Waals surface area contributed by atoms with E-state index in [0.717, 1.165) is 0 Å². The molecule has 1 aromatic heterocycles. The van der Waals surface area contributed by atoms with Gasteiger partial charge in [0, 0.05) is 24.0 Å². The van der Waals surface area contributed by atoms with Crippen LogP contribution in [-0.2, 0) is 14.9 Å². The van der Waals surface area contributed by atoms with E-state index >= 15 is 0 Å². The number of anilines is 2. The lowest BCUT2D eigenvalue weighted by Gasteiger charge is -2.16.